The number of hydrogen-bond donors (Lipinski definition) is 1. The molecule has 4 nitrogen and oxygen atoms in total. The van der Waals surface area contributed by atoms with E-state index in [4.69, 9.17) is 0 Å². The Hall–Kier alpha value is 1.24. The summed E-state index contributed by atoms with van der Waals surface area (Å²) in [7, 11) is -3.50. The fourth-order valence-corrected chi connectivity index (χ4v) is 4.27. The fraction of sp³-hybridized carbons (Fsp3) is 0.333. The van der Waals surface area contributed by atoms with E-state index in [9.17, 15) is 8.42 Å². The Kier molecular flexibility index (Phi) is 3.56. The molecule has 0 unspecified atom stereocenters. The maximum atomic E-state index is 11.5. The van der Waals surface area contributed by atoms with Crippen LogP contribution in [-0.2, 0) is 10.0 Å². The second-order valence-corrected chi connectivity index (χ2v) is 13.1. The van der Waals surface area contributed by atoms with Crippen LogP contribution in [0.15, 0.2) is 11.6 Å². The zero-order valence-corrected chi connectivity index (χ0v) is 11.8. The van der Waals surface area contributed by atoms with Crippen molar-refractivity contribution in [3.8, 4) is 0 Å². The molecule has 0 aromatic carbocycles. The summed E-state index contributed by atoms with van der Waals surface area (Å²) in [5.41, 5.74) is 2.54. The van der Waals surface area contributed by atoms with Gasteiger partial charge in [0, 0.05) is 11.6 Å². The van der Waals surface area contributed by atoms with Crippen molar-refractivity contribution in [2.75, 3.05) is 0 Å². The lowest BCUT2D eigenvalue weighted by Crippen LogP contribution is -2.37. The molecule has 1 N–H and O–H groups in total. The van der Waals surface area contributed by atoms with Crippen LogP contribution in [-0.4, -0.2) is 13.7 Å². The summed E-state index contributed by atoms with van der Waals surface area (Å²) in [6.07, 6.45) is 1.53. The molecule has 70 valence electrons. The van der Waals surface area contributed by atoms with Gasteiger partial charge in [-0.2, -0.15) is 0 Å². The van der Waals surface area contributed by atoms with Crippen molar-refractivity contribution in [3.05, 3.63) is 11.6 Å². The van der Waals surface area contributed by atoms with E-state index >= 15 is 0 Å². The van der Waals surface area contributed by atoms with Crippen LogP contribution in [0.1, 0.15) is 0 Å². The van der Waals surface area contributed by atoms with Crippen molar-refractivity contribution in [3.63, 3.8) is 0 Å². The number of halogens is 3. The van der Waals surface area contributed by atoms with Crippen molar-refractivity contribution in [1.29, 1.82) is 0 Å². The van der Waals surface area contributed by atoms with E-state index < -0.39 is 11.5 Å². The van der Waals surface area contributed by atoms with Gasteiger partial charge in [-0.05, 0) is 63.6 Å². The molecule has 0 saturated heterocycles. The third-order valence-corrected chi connectivity index (χ3v) is 7.13. The van der Waals surface area contributed by atoms with Gasteiger partial charge in [0.1, 0.15) is 0 Å². The van der Waals surface area contributed by atoms with Gasteiger partial charge in [-0.15, -0.1) is 0 Å². The minimum absolute atomic E-state index is 1.02. The molecule has 0 aliphatic carbocycles. The van der Waals surface area contributed by atoms with Crippen molar-refractivity contribution in [2.45, 2.75) is 1.47 Å². The highest BCUT2D eigenvalue weighted by atomic mass is 80.0. The maximum absolute atomic E-state index is 11.5. The minimum Gasteiger partial charge on any atom is -0.302 e. The first kappa shape index (κ1) is 11.3. The lowest BCUT2D eigenvalue weighted by atomic mass is 11.1. The number of nitrogens with one attached hydrogen (secondary N) is 1. The number of rotatable bonds is 1. The first-order valence-electron chi connectivity index (χ1n) is 2.55. The Balaban J connectivity index is 2.87. The van der Waals surface area contributed by atoms with Crippen LogP contribution in [0.4, 0.5) is 0 Å². The zero-order valence-electron chi connectivity index (χ0n) is 5.37. The Bertz CT molecular complexity index is 287. The Labute approximate surface area is 99.7 Å². The predicted molar refractivity (Wildman–Crippen MR) is 60.1 cm³/mol. The van der Waals surface area contributed by atoms with Crippen molar-refractivity contribution in [2.24, 2.45) is 0 Å². The monoisotopic (exact) mass is 400 g/mol. The van der Waals surface area contributed by atoms with Crippen molar-refractivity contribution < 1.29 is 8.42 Å². The first-order chi connectivity index (χ1) is 5.36. The topological polar surface area (TPSA) is 49.4 Å². The summed E-state index contributed by atoms with van der Waals surface area (Å²) >= 11 is 9.84. The van der Waals surface area contributed by atoms with E-state index in [1.54, 1.807) is 5.41 Å². The van der Waals surface area contributed by atoms with Crippen LogP contribution in [0.5, 0.6) is 0 Å². The van der Waals surface area contributed by atoms with E-state index in [1.807, 2.05) is 0 Å². The summed E-state index contributed by atoms with van der Waals surface area (Å²) in [6, 6.07) is 0. The summed E-state index contributed by atoms with van der Waals surface area (Å²) < 4.78 is 22.7. The maximum Gasteiger partial charge on any atom is 0.277 e. The van der Waals surface area contributed by atoms with Gasteiger partial charge in [-0.1, -0.05) is 0 Å². The fourth-order valence-electron chi connectivity index (χ4n) is 0.427. The lowest BCUT2D eigenvalue weighted by molar-refractivity contribution is 0.523. The molecule has 0 fully saturated rings. The van der Waals surface area contributed by atoms with Crippen LogP contribution >= 0.6 is 59.7 Å². The van der Waals surface area contributed by atoms with E-state index in [0.717, 1.165) is 15.8 Å². The molecule has 0 spiro atoms. The van der Waals surface area contributed by atoms with Crippen LogP contribution in [0, 0.1) is 0 Å². The molecule has 0 radical (unpaired) electrons. The van der Waals surface area contributed by atoms with Crippen LogP contribution in [0.25, 0.3) is 0 Å². The third kappa shape index (κ3) is 2.18. The quantitative estimate of drug-likeness (QED) is 0.538. The highest BCUT2D eigenvalue weighted by molar-refractivity contribution is 9.42. The number of hydrogen-bond acceptors (Lipinski definition) is 4. The molecule has 12 heavy (non-hydrogen) atoms. The standard InChI is InChI=1S/C3H3Br3N2O2S2/c4-3(5,6)12(9,10)8-7-1-2-11-8/h1-2,7H. The molecule has 1 rings (SSSR count). The molecule has 0 aromatic heterocycles. The average molecular weight is 403 g/mol. The molecule has 0 saturated carbocycles. The number of alkyl halides is 3. The van der Waals surface area contributed by atoms with Gasteiger partial charge in [0.05, 0.1) is 0 Å². The Morgan fingerprint density at radius 2 is 2.00 bits per heavy atom. The van der Waals surface area contributed by atoms with Crippen molar-refractivity contribution >= 4 is 69.8 Å². The number of nitrogens with zero attached hydrogens (tertiary/aromatic N) is 1. The second kappa shape index (κ2) is 3.77. The largest absolute Gasteiger partial charge is 0.302 e. The van der Waals surface area contributed by atoms with E-state index in [0.29, 0.717) is 0 Å². The molecule has 1 aliphatic rings. The highest BCUT2D eigenvalue weighted by Gasteiger charge is 2.42. The molecule has 9 heteroatoms. The van der Waals surface area contributed by atoms with Gasteiger partial charge >= 0.3 is 0 Å². The minimum atomic E-state index is -3.50. The molecule has 1 aliphatic heterocycles. The Morgan fingerprint density at radius 3 is 2.33 bits per heavy atom. The zero-order chi connectivity index (χ0) is 9.41. The van der Waals surface area contributed by atoms with Crippen LogP contribution in [0.3, 0.4) is 0 Å². The number of sulfonamides is 1. The smallest absolute Gasteiger partial charge is 0.277 e. The average Bonchev–Trinajstić information content (AvgIpc) is 2.34. The van der Waals surface area contributed by atoms with Gasteiger partial charge in [0.15, 0.2) is 0 Å². The molecular weight excluding hydrogens is 400 g/mol. The first-order valence-corrected chi connectivity index (χ1v) is 7.21. The summed E-state index contributed by atoms with van der Waals surface area (Å²) in [5.74, 6) is 0. The molecule has 0 aromatic rings. The summed E-state index contributed by atoms with van der Waals surface area (Å²) in [6.45, 7) is 0. The molecule has 1 heterocycles. The van der Waals surface area contributed by atoms with Gasteiger partial charge in [-0.3, -0.25) is 0 Å². The molecule has 0 bridgehead atoms. The molecule has 0 amide bonds. The number of hydrazine groups is 1. The second-order valence-electron chi connectivity index (χ2n) is 1.72. The molecule has 0 atom stereocenters. The van der Waals surface area contributed by atoms with Gasteiger partial charge in [0.2, 0.25) is 0 Å². The lowest BCUT2D eigenvalue weighted by Gasteiger charge is -2.20. The summed E-state index contributed by atoms with van der Waals surface area (Å²) in [5, 5.41) is 1.62. The van der Waals surface area contributed by atoms with E-state index in [-0.39, 0.29) is 0 Å². The highest BCUT2D eigenvalue weighted by Crippen LogP contribution is 2.43. The SMILES string of the molecule is O=S(=O)(N1NC=CS1)C(Br)(Br)Br. The van der Waals surface area contributed by atoms with E-state index in [2.05, 4.69) is 53.2 Å². The third-order valence-electron chi connectivity index (χ3n) is 0.915. The van der Waals surface area contributed by atoms with Gasteiger partial charge in [0.25, 0.3) is 11.5 Å². The summed E-state index contributed by atoms with van der Waals surface area (Å²) in [4.78, 5) is 0. The predicted octanol–water partition coefficient (Wildman–Crippen LogP) is 2.05. The van der Waals surface area contributed by atoms with Crippen LogP contribution < -0.4 is 5.43 Å². The van der Waals surface area contributed by atoms with Gasteiger partial charge < -0.3 is 5.43 Å². The van der Waals surface area contributed by atoms with Gasteiger partial charge in [-0.25, -0.2) is 8.42 Å². The van der Waals surface area contributed by atoms with E-state index in [1.165, 1.54) is 6.20 Å². The van der Waals surface area contributed by atoms with Crippen LogP contribution in [0.2, 0.25) is 0 Å². The molecular formula is C3H3Br3N2O2S2. The normalized spacial score (nSPS) is 19.6. The van der Waals surface area contributed by atoms with Crippen molar-refractivity contribution in [1.82, 2.24) is 9.25 Å². The Morgan fingerprint density at radius 1 is 1.42 bits per heavy atom.